The fraction of sp³-hybridized carbons (Fsp3) is 1.00. The summed E-state index contributed by atoms with van der Waals surface area (Å²) in [5, 5.41) is 18.4. The Kier molecular flexibility index (Phi) is 1.51. The van der Waals surface area contributed by atoms with Crippen molar-refractivity contribution in [1.82, 2.24) is 0 Å². The van der Waals surface area contributed by atoms with E-state index in [4.69, 9.17) is 22.4 Å². The molecule has 2 rings (SSSR count). The largest absolute Gasteiger partial charge is 0.393 e. The quantitative estimate of drug-likeness (QED) is 0.431. The van der Waals surface area contributed by atoms with Gasteiger partial charge in [0, 0.05) is 6.00 Å². The van der Waals surface area contributed by atoms with E-state index in [9.17, 15) is 5.11 Å². The summed E-state index contributed by atoms with van der Waals surface area (Å²) >= 11 is 0. The van der Waals surface area contributed by atoms with Gasteiger partial charge in [-0.25, -0.2) is 0 Å². The van der Waals surface area contributed by atoms with E-state index in [1.165, 1.54) is 0 Å². The van der Waals surface area contributed by atoms with E-state index in [1.807, 2.05) is 0 Å². The summed E-state index contributed by atoms with van der Waals surface area (Å²) in [6, 6.07) is -0.606. The molecule has 11 heavy (non-hydrogen) atoms. The number of fused-ring (bicyclic) bond motifs is 2. The fourth-order valence-electron chi connectivity index (χ4n) is 1.61. The van der Waals surface area contributed by atoms with E-state index in [0.29, 0.717) is 0 Å². The number of ether oxygens (including phenoxy) is 2. The highest BCUT2D eigenvalue weighted by Gasteiger charge is 2.58. The molecule has 60 valence electrons. The van der Waals surface area contributed by atoms with Crippen LogP contribution in [0.1, 0.15) is 0 Å². The van der Waals surface area contributed by atoms with Gasteiger partial charge in [-0.05, 0) is 0 Å². The number of aliphatic hydroxyl groups is 2. The maximum absolute atomic E-state index is 9.46. The average Bonchev–Trinajstić information content (AvgIpc) is 2.42. The van der Waals surface area contributed by atoms with Crippen LogP contribution < -0.4 is 0 Å². The molecule has 0 aromatic heterocycles. The van der Waals surface area contributed by atoms with Crippen LogP contribution in [0.2, 0.25) is 0 Å². The second kappa shape index (κ2) is 2.20. The van der Waals surface area contributed by atoms with Crippen molar-refractivity contribution in [3.05, 3.63) is 0 Å². The molecule has 2 aliphatic rings. The Labute approximate surface area is 65.5 Å². The molecule has 2 N–H and O–H groups in total. The van der Waals surface area contributed by atoms with Crippen molar-refractivity contribution in [1.29, 1.82) is 0 Å². The average molecular weight is 156 g/mol. The van der Waals surface area contributed by atoms with Crippen molar-refractivity contribution in [2.24, 2.45) is 0 Å². The molecule has 2 fully saturated rings. The third-order valence-corrected chi connectivity index (χ3v) is 2.33. The van der Waals surface area contributed by atoms with Crippen molar-refractivity contribution in [2.75, 3.05) is 13.2 Å². The SMILES string of the molecule is [B]C1OC2(CO)CO[C@H]1C2O. The lowest BCUT2D eigenvalue weighted by atomic mass is 9.92. The van der Waals surface area contributed by atoms with Crippen LogP contribution in [0.5, 0.6) is 0 Å². The zero-order valence-corrected chi connectivity index (χ0v) is 5.93. The molecule has 2 saturated heterocycles. The van der Waals surface area contributed by atoms with E-state index in [-0.39, 0.29) is 13.2 Å². The summed E-state index contributed by atoms with van der Waals surface area (Å²) in [6.07, 6.45) is -1.26. The summed E-state index contributed by atoms with van der Waals surface area (Å²) in [7, 11) is 5.45. The van der Waals surface area contributed by atoms with Crippen LogP contribution in [0, 0.1) is 0 Å². The minimum absolute atomic E-state index is 0.225. The third-order valence-electron chi connectivity index (χ3n) is 2.33. The highest BCUT2D eigenvalue weighted by molar-refractivity contribution is 6.11. The van der Waals surface area contributed by atoms with Gasteiger partial charge in [0.1, 0.15) is 25.7 Å². The smallest absolute Gasteiger partial charge is 0.142 e. The van der Waals surface area contributed by atoms with Gasteiger partial charge in [0.05, 0.1) is 13.2 Å². The van der Waals surface area contributed by atoms with Crippen LogP contribution in [0.3, 0.4) is 0 Å². The van der Waals surface area contributed by atoms with Gasteiger partial charge < -0.3 is 19.7 Å². The molecule has 0 aliphatic carbocycles. The van der Waals surface area contributed by atoms with Crippen LogP contribution >= 0.6 is 0 Å². The maximum atomic E-state index is 9.46. The van der Waals surface area contributed by atoms with Crippen LogP contribution in [0.15, 0.2) is 0 Å². The molecule has 4 atom stereocenters. The molecule has 0 aromatic carbocycles. The summed E-state index contributed by atoms with van der Waals surface area (Å²) in [6.45, 7) is -0.0264. The molecular weight excluding hydrogens is 147 g/mol. The Bertz CT molecular complexity index is 176. The van der Waals surface area contributed by atoms with E-state index >= 15 is 0 Å². The molecule has 4 nitrogen and oxygen atoms in total. The molecule has 2 bridgehead atoms. The van der Waals surface area contributed by atoms with Crippen LogP contribution in [-0.2, 0) is 9.47 Å². The van der Waals surface area contributed by atoms with Crippen LogP contribution in [0.4, 0.5) is 0 Å². The second-order valence-electron chi connectivity index (χ2n) is 3.03. The van der Waals surface area contributed by atoms with Gasteiger partial charge in [-0.15, -0.1) is 0 Å². The molecule has 5 heteroatoms. The number of hydrogen-bond acceptors (Lipinski definition) is 4. The Morgan fingerprint density at radius 1 is 1.64 bits per heavy atom. The summed E-state index contributed by atoms with van der Waals surface area (Å²) in [4.78, 5) is 0. The lowest BCUT2D eigenvalue weighted by Crippen LogP contribution is -2.44. The van der Waals surface area contributed by atoms with Crippen LogP contribution in [0.25, 0.3) is 0 Å². The number of rotatable bonds is 1. The molecule has 2 heterocycles. The highest BCUT2D eigenvalue weighted by Crippen LogP contribution is 2.38. The minimum atomic E-state index is -0.954. The third kappa shape index (κ3) is 0.795. The highest BCUT2D eigenvalue weighted by atomic mass is 16.6. The van der Waals surface area contributed by atoms with Crippen LogP contribution in [-0.4, -0.2) is 55.1 Å². The lowest BCUT2D eigenvalue weighted by Gasteiger charge is -2.27. The van der Waals surface area contributed by atoms with E-state index in [2.05, 4.69) is 0 Å². The molecule has 2 radical (unpaired) electrons. The van der Waals surface area contributed by atoms with Gasteiger partial charge in [0.2, 0.25) is 0 Å². The standard InChI is InChI=1S/C6H9BO4/c7-5-3-4(9)6(1-8,11-5)2-10-3/h3-5,8-9H,1-2H2/t3-,4?,5?,6?/m0/s1. The molecule has 3 unspecified atom stereocenters. The van der Waals surface area contributed by atoms with Crippen molar-refractivity contribution in [3.63, 3.8) is 0 Å². The van der Waals surface area contributed by atoms with Gasteiger partial charge in [0.15, 0.2) is 0 Å². The van der Waals surface area contributed by atoms with Crippen molar-refractivity contribution in [3.8, 4) is 0 Å². The Hall–Kier alpha value is -0.0951. The zero-order chi connectivity index (χ0) is 8.06. The first-order chi connectivity index (χ1) is 5.19. The van der Waals surface area contributed by atoms with E-state index < -0.39 is 23.8 Å². The molecule has 0 saturated carbocycles. The molecular formula is C6H9BO4. The predicted molar refractivity (Wildman–Crippen MR) is 36.2 cm³/mol. The number of aliphatic hydroxyl groups excluding tert-OH is 2. The maximum Gasteiger partial charge on any atom is 0.142 e. The van der Waals surface area contributed by atoms with E-state index in [1.54, 1.807) is 0 Å². The molecule has 0 aromatic rings. The predicted octanol–water partition coefficient (Wildman–Crippen LogP) is -2.00. The molecule has 2 aliphatic heterocycles. The Balaban J connectivity index is 2.24. The van der Waals surface area contributed by atoms with Gasteiger partial charge in [-0.1, -0.05) is 0 Å². The van der Waals surface area contributed by atoms with Crippen molar-refractivity contribution < 1.29 is 19.7 Å². The minimum Gasteiger partial charge on any atom is -0.393 e. The first-order valence-corrected chi connectivity index (χ1v) is 3.53. The van der Waals surface area contributed by atoms with Gasteiger partial charge in [-0.3, -0.25) is 0 Å². The van der Waals surface area contributed by atoms with Gasteiger partial charge >= 0.3 is 0 Å². The Morgan fingerprint density at radius 3 is 2.64 bits per heavy atom. The second-order valence-corrected chi connectivity index (χ2v) is 3.03. The summed E-state index contributed by atoms with van der Waals surface area (Å²) < 4.78 is 10.3. The zero-order valence-electron chi connectivity index (χ0n) is 5.93. The van der Waals surface area contributed by atoms with Crippen molar-refractivity contribution in [2.45, 2.75) is 23.8 Å². The first-order valence-electron chi connectivity index (χ1n) is 3.53. The van der Waals surface area contributed by atoms with Gasteiger partial charge in [-0.2, -0.15) is 0 Å². The topological polar surface area (TPSA) is 58.9 Å². The normalized spacial score (nSPS) is 55.3. The summed E-state index contributed by atoms with van der Waals surface area (Å²) in [5.41, 5.74) is -0.954. The number of hydrogen-bond donors (Lipinski definition) is 2. The molecule has 0 amide bonds. The van der Waals surface area contributed by atoms with Gasteiger partial charge in [0.25, 0.3) is 0 Å². The van der Waals surface area contributed by atoms with E-state index in [0.717, 1.165) is 0 Å². The monoisotopic (exact) mass is 156 g/mol. The Morgan fingerprint density at radius 2 is 2.36 bits per heavy atom. The molecule has 0 spiro atoms. The fourth-order valence-corrected chi connectivity index (χ4v) is 1.61. The first kappa shape index (κ1) is 7.55. The lowest BCUT2D eigenvalue weighted by molar-refractivity contribution is -0.136. The summed E-state index contributed by atoms with van der Waals surface area (Å²) in [5.74, 6) is 0. The van der Waals surface area contributed by atoms with Crippen molar-refractivity contribution >= 4 is 7.85 Å².